The Morgan fingerprint density at radius 2 is 2.35 bits per heavy atom. The smallest absolute Gasteiger partial charge is 0.178 e. The van der Waals surface area contributed by atoms with Gasteiger partial charge in [0.05, 0.1) is 0 Å². The fraction of sp³-hybridized carbons (Fsp3) is 0.273. The van der Waals surface area contributed by atoms with Gasteiger partial charge in [0.2, 0.25) is 0 Å². The molecule has 2 rings (SSSR count). The van der Waals surface area contributed by atoms with Crippen LogP contribution >= 0.6 is 34.7 Å². The number of nitrogens with zero attached hydrogens (tertiary/aromatic N) is 2. The first kappa shape index (κ1) is 12.8. The van der Waals surface area contributed by atoms with E-state index < -0.39 is 0 Å². The topological polar surface area (TPSA) is 37.8 Å². The fourth-order valence-electron chi connectivity index (χ4n) is 1.35. The lowest BCUT2D eigenvalue weighted by Crippen LogP contribution is -2.12. The number of rotatable bonds is 5. The Morgan fingerprint density at radius 3 is 3.06 bits per heavy atom. The predicted molar refractivity (Wildman–Crippen MR) is 72.9 cm³/mol. The van der Waals surface area contributed by atoms with Gasteiger partial charge in [0.25, 0.3) is 0 Å². The number of aromatic nitrogens is 2. The van der Waals surface area contributed by atoms with Gasteiger partial charge in [0.15, 0.2) is 4.34 Å². The van der Waals surface area contributed by atoms with Crippen LogP contribution in [0.2, 0.25) is 5.02 Å². The van der Waals surface area contributed by atoms with Gasteiger partial charge >= 0.3 is 0 Å². The number of halogens is 1. The van der Waals surface area contributed by atoms with Crippen molar-refractivity contribution in [3.8, 4) is 0 Å². The molecule has 0 spiro atoms. The molecule has 2 aromatic rings. The molecule has 17 heavy (non-hydrogen) atoms. The maximum atomic E-state index is 6.02. The second-order valence-electron chi connectivity index (χ2n) is 3.34. The van der Waals surface area contributed by atoms with Gasteiger partial charge in [-0.1, -0.05) is 41.6 Å². The summed E-state index contributed by atoms with van der Waals surface area (Å²) in [7, 11) is 0. The molecule has 1 aromatic carbocycles. The van der Waals surface area contributed by atoms with Crippen LogP contribution < -0.4 is 5.32 Å². The summed E-state index contributed by atoms with van der Waals surface area (Å²) in [6.45, 7) is 3.84. The molecule has 0 radical (unpaired) electrons. The van der Waals surface area contributed by atoms with Crippen LogP contribution in [0.1, 0.15) is 12.5 Å². The zero-order valence-electron chi connectivity index (χ0n) is 9.31. The minimum absolute atomic E-state index is 0.763. The van der Waals surface area contributed by atoms with E-state index in [1.165, 1.54) is 10.5 Å². The van der Waals surface area contributed by atoms with Crippen molar-refractivity contribution < 1.29 is 0 Å². The summed E-state index contributed by atoms with van der Waals surface area (Å²) in [5.74, 6) is 0. The van der Waals surface area contributed by atoms with Crippen LogP contribution in [0.4, 0.5) is 0 Å². The highest BCUT2D eigenvalue weighted by molar-refractivity contribution is 8.01. The first-order chi connectivity index (χ1) is 8.29. The van der Waals surface area contributed by atoms with E-state index in [-0.39, 0.29) is 0 Å². The molecule has 1 heterocycles. The van der Waals surface area contributed by atoms with Crippen molar-refractivity contribution in [1.29, 1.82) is 0 Å². The number of benzene rings is 1. The lowest BCUT2D eigenvalue weighted by Gasteiger charge is -2.08. The van der Waals surface area contributed by atoms with Crippen LogP contribution in [0, 0.1) is 0 Å². The quantitative estimate of drug-likeness (QED) is 0.913. The molecular formula is C11H12ClN3S2. The first-order valence-electron chi connectivity index (χ1n) is 5.22. The molecule has 0 bridgehead atoms. The van der Waals surface area contributed by atoms with Crippen LogP contribution in [0.25, 0.3) is 0 Å². The third-order valence-electron chi connectivity index (χ3n) is 2.13. The lowest BCUT2D eigenvalue weighted by molar-refractivity contribution is 0.718. The van der Waals surface area contributed by atoms with Crippen molar-refractivity contribution in [3.05, 3.63) is 34.3 Å². The van der Waals surface area contributed by atoms with Crippen LogP contribution in [0.15, 0.2) is 32.9 Å². The standard InChI is InChI=1S/C11H12ClN3S2/c1-2-13-6-8-5-9(12)3-4-10(8)17-11-15-14-7-16-11/h3-5,7,13H,2,6H2,1H3. The Hall–Kier alpha value is -0.620. The highest BCUT2D eigenvalue weighted by Gasteiger charge is 2.07. The van der Waals surface area contributed by atoms with Gasteiger partial charge in [-0.15, -0.1) is 10.2 Å². The molecule has 0 saturated carbocycles. The maximum Gasteiger partial charge on any atom is 0.178 e. The Kier molecular flexibility index (Phi) is 4.79. The Bertz CT molecular complexity index is 474. The lowest BCUT2D eigenvalue weighted by atomic mass is 10.2. The third kappa shape index (κ3) is 3.67. The average Bonchev–Trinajstić information content (AvgIpc) is 2.82. The first-order valence-corrected chi connectivity index (χ1v) is 7.30. The fourth-order valence-corrected chi connectivity index (χ4v) is 3.09. The van der Waals surface area contributed by atoms with Gasteiger partial charge in [-0.3, -0.25) is 0 Å². The maximum absolute atomic E-state index is 6.02. The van der Waals surface area contributed by atoms with E-state index in [1.807, 2.05) is 18.2 Å². The van der Waals surface area contributed by atoms with E-state index in [1.54, 1.807) is 28.6 Å². The van der Waals surface area contributed by atoms with Gasteiger partial charge in [-0.2, -0.15) is 0 Å². The van der Waals surface area contributed by atoms with E-state index in [2.05, 4.69) is 22.4 Å². The van der Waals surface area contributed by atoms with Crippen LogP contribution in [0.5, 0.6) is 0 Å². The molecule has 0 fully saturated rings. The molecule has 6 heteroatoms. The minimum atomic E-state index is 0.763. The second-order valence-corrected chi connectivity index (χ2v) is 5.90. The Labute approximate surface area is 114 Å². The zero-order valence-corrected chi connectivity index (χ0v) is 11.7. The molecule has 0 atom stereocenters. The molecule has 90 valence electrons. The average molecular weight is 286 g/mol. The van der Waals surface area contributed by atoms with E-state index in [0.717, 1.165) is 22.5 Å². The van der Waals surface area contributed by atoms with Gasteiger partial charge in [-0.25, -0.2) is 0 Å². The Morgan fingerprint density at radius 1 is 1.47 bits per heavy atom. The SMILES string of the molecule is CCNCc1cc(Cl)ccc1Sc1nncs1. The third-order valence-corrected chi connectivity index (χ3v) is 4.26. The number of nitrogens with one attached hydrogen (secondary N) is 1. The molecule has 0 amide bonds. The van der Waals surface area contributed by atoms with Gasteiger partial charge < -0.3 is 5.32 Å². The molecule has 0 unspecified atom stereocenters. The summed E-state index contributed by atoms with van der Waals surface area (Å²) in [6, 6.07) is 5.93. The van der Waals surface area contributed by atoms with Crippen molar-refractivity contribution in [3.63, 3.8) is 0 Å². The van der Waals surface area contributed by atoms with Crippen LogP contribution in [0.3, 0.4) is 0 Å². The molecule has 3 nitrogen and oxygen atoms in total. The second kappa shape index (κ2) is 6.35. The number of hydrogen-bond donors (Lipinski definition) is 1. The van der Waals surface area contributed by atoms with Crippen LogP contribution in [-0.2, 0) is 6.54 Å². The molecule has 0 aliphatic carbocycles. The molecular weight excluding hydrogens is 274 g/mol. The largest absolute Gasteiger partial charge is 0.313 e. The monoisotopic (exact) mass is 285 g/mol. The van der Waals surface area contributed by atoms with Crippen molar-refractivity contribution in [2.24, 2.45) is 0 Å². The van der Waals surface area contributed by atoms with Gasteiger partial charge in [0, 0.05) is 16.5 Å². The summed E-state index contributed by atoms with van der Waals surface area (Å²) < 4.78 is 0.949. The summed E-state index contributed by atoms with van der Waals surface area (Å²) in [5, 5.41) is 11.9. The summed E-state index contributed by atoms with van der Waals surface area (Å²) in [4.78, 5) is 1.17. The van der Waals surface area contributed by atoms with E-state index in [9.17, 15) is 0 Å². The highest BCUT2D eigenvalue weighted by Crippen LogP contribution is 2.32. The summed E-state index contributed by atoms with van der Waals surface area (Å²) in [6.07, 6.45) is 0. The van der Waals surface area contributed by atoms with Crippen LogP contribution in [-0.4, -0.2) is 16.7 Å². The minimum Gasteiger partial charge on any atom is -0.313 e. The molecule has 1 aromatic heterocycles. The van der Waals surface area contributed by atoms with Crippen molar-refractivity contribution >= 4 is 34.7 Å². The van der Waals surface area contributed by atoms with E-state index in [4.69, 9.17) is 11.6 Å². The number of hydrogen-bond acceptors (Lipinski definition) is 5. The van der Waals surface area contributed by atoms with Gasteiger partial charge in [-0.05, 0) is 30.3 Å². The molecule has 0 saturated heterocycles. The van der Waals surface area contributed by atoms with Crippen molar-refractivity contribution in [2.45, 2.75) is 22.7 Å². The molecule has 1 N–H and O–H groups in total. The normalized spacial score (nSPS) is 10.7. The predicted octanol–water partition coefficient (Wildman–Crippen LogP) is 3.45. The summed E-state index contributed by atoms with van der Waals surface area (Å²) in [5.41, 5.74) is 2.93. The van der Waals surface area contributed by atoms with Crippen molar-refractivity contribution in [2.75, 3.05) is 6.54 Å². The Balaban J connectivity index is 2.19. The van der Waals surface area contributed by atoms with Crippen molar-refractivity contribution in [1.82, 2.24) is 15.5 Å². The van der Waals surface area contributed by atoms with E-state index >= 15 is 0 Å². The molecule has 0 aliphatic heterocycles. The summed E-state index contributed by atoms with van der Waals surface area (Å²) >= 11 is 9.18. The highest BCUT2D eigenvalue weighted by atomic mass is 35.5. The zero-order chi connectivity index (χ0) is 12.1. The van der Waals surface area contributed by atoms with E-state index in [0.29, 0.717) is 0 Å². The van der Waals surface area contributed by atoms with Gasteiger partial charge in [0.1, 0.15) is 5.51 Å². The molecule has 0 aliphatic rings.